The number of carboxylic acids is 1. The zero-order chi connectivity index (χ0) is 11.6. The highest BCUT2D eigenvalue weighted by Gasteiger charge is 2.20. The molecular formula is C9H11BO5. The summed E-state index contributed by atoms with van der Waals surface area (Å²) in [6.45, 7) is 1.61. The van der Waals surface area contributed by atoms with E-state index >= 15 is 0 Å². The van der Waals surface area contributed by atoms with Crippen molar-refractivity contribution in [2.45, 2.75) is 6.92 Å². The van der Waals surface area contributed by atoms with Gasteiger partial charge in [-0.2, -0.15) is 0 Å². The maximum atomic E-state index is 10.8. The first-order valence-electron chi connectivity index (χ1n) is 4.25. The van der Waals surface area contributed by atoms with E-state index in [1.165, 1.54) is 19.2 Å². The average molecular weight is 210 g/mol. The fourth-order valence-corrected chi connectivity index (χ4v) is 1.31. The highest BCUT2D eigenvalue weighted by Crippen LogP contribution is 2.15. The lowest BCUT2D eigenvalue weighted by atomic mass is 9.78. The van der Waals surface area contributed by atoms with Gasteiger partial charge < -0.3 is 19.9 Å². The second kappa shape index (κ2) is 4.33. The highest BCUT2D eigenvalue weighted by atomic mass is 16.5. The van der Waals surface area contributed by atoms with Crippen molar-refractivity contribution >= 4 is 18.6 Å². The van der Waals surface area contributed by atoms with Gasteiger partial charge in [0.15, 0.2) is 0 Å². The van der Waals surface area contributed by atoms with Gasteiger partial charge in [-0.25, -0.2) is 4.79 Å². The van der Waals surface area contributed by atoms with Crippen molar-refractivity contribution in [1.29, 1.82) is 0 Å². The minimum Gasteiger partial charge on any atom is -0.497 e. The van der Waals surface area contributed by atoms with Crippen LogP contribution < -0.4 is 10.2 Å². The van der Waals surface area contributed by atoms with E-state index in [4.69, 9.17) is 19.9 Å². The number of rotatable bonds is 3. The Morgan fingerprint density at radius 1 is 1.40 bits per heavy atom. The molecule has 0 saturated carbocycles. The predicted octanol–water partition coefficient (Wildman–Crippen LogP) is -0.618. The Morgan fingerprint density at radius 3 is 2.40 bits per heavy atom. The molecule has 0 radical (unpaired) electrons. The van der Waals surface area contributed by atoms with Crippen LogP contribution in [0.15, 0.2) is 12.1 Å². The molecule has 0 aliphatic heterocycles. The molecule has 0 unspecified atom stereocenters. The third-order valence-corrected chi connectivity index (χ3v) is 2.09. The summed E-state index contributed by atoms with van der Waals surface area (Å²) >= 11 is 0. The minimum atomic E-state index is -1.75. The Balaban J connectivity index is 3.37. The zero-order valence-corrected chi connectivity index (χ0v) is 8.39. The van der Waals surface area contributed by atoms with Crippen molar-refractivity contribution in [3.05, 3.63) is 23.3 Å². The number of aryl methyl sites for hydroxylation is 1. The number of benzene rings is 1. The molecule has 0 aliphatic rings. The van der Waals surface area contributed by atoms with Crippen LogP contribution in [0.25, 0.3) is 0 Å². The molecule has 0 spiro atoms. The summed E-state index contributed by atoms with van der Waals surface area (Å²) in [5.41, 5.74) is 0.572. The number of ether oxygens (including phenoxy) is 1. The fourth-order valence-electron chi connectivity index (χ4n) is 1.31. The molecule has 0 aliphatic carbocycles. The third-order valence-electron chi connectivity index (χ3n) is 2.09. The first-order chi connectivity index (χ1) is 6.97. The van der Waals surface area contributed by atoms with Gasteiger partial charge in [0.2, 0.25) is 0 Å². The Bertz CT molecular complexity index is 388. The van der Waals surface area contributed by atoms with Crippen molar-refractivity contribution in [2.24, 2.45) is 0 Å². The molecule has 0 atom stereocenters. The van der Waals surface area contributed by atoms with Gasteiger partial charge in [0.25, 0.3) is 0 Å². The second-order valence-electron chi connectivity index (χ2n) is 3.09. The van der Waals surface area contributed by atoms with Crippen LogP contribution in [0.1, 0.15) is 15.9 Å². The van der Waals surface area contributed by atoms with Crippen LogP contribution in [0.3, 0.4) is 0 Å². The van der Waals surface area contributed by atoms with E-state index in [2.05, 4.69) is 0 Å². The van der Waals surface area contributed by atoms with Gasteiger partial charge in [0.1, 0.15) is 5.75 Å². The molecule has 1 aromatic rings. The zero-order valence-electron chi connectivity index (χ0n) is 8.39. The molecule has 1 rings (SSSR count). The Kier molecular flexibility index (Phi) is 3.33. The monoisotopic (exact) mass is 210 g/mol. The molecule has 3 N–H and O–H groups in total. The molecule has 0 saturated heterocycles. The number of carboxylic acid groups (broad SMARTS) is 1. The van der Waals surface area contributed by atoms with E-state index < -0.39 is 13.1 Å². The minimum absolute atomic E-state index is 0.0268. The first-order valence-corrected chi connectivity index (χ1v) is 4.25. The Hall–Kier alpha value is -1.53. The number of carbonyl (C=O) groups is 1. The summed E-state index contributed by atoms with van der Waals surface area (Å²) < 4.78 is 4.91. The van der Waals surface area contributed by atoms with E-state index in [0.29, 0.717) is 5.56 Å². The smallest absolute Gasteiger partial charge is 0.492 e. The summed E-state index contributed by atoms with van der Waals surface area (Å²) in [5.74, 6) is -0.857. The number of methoxy groups -OCH3 is 1. The largest absolute Gasteiger partial charge is 0.497 e. The summed E-state index contributed by atoms with van der Waals surface area (Å²) in [4.78, 5) is 10.8. The van der Waals surface area contributed by atoms with Gasteiger partial charge in [-0.05, 0) is 24.6 Å². The number of aromatic carboxylic acids is 1. The van der Waals surface area contributed by atoms with Crippen molar-refractivity contribution < 1.29 is 24.7 Å². The third kappa shape index (κ3) is 2.29. The van der Waals surface area contributed by atoms with Crippen LogP contribution in [0.5, 0.6) is 5.75 Å². The van der Waals surface area contributed by atoms with E-state index in [9.17, 15) is 4.79 Å². The average Bonchev–Trinajstić information content (AvgIpc) is 2.16. The predicted molar refractivity (Wildman–Crippen MR) is 54.5 cm³/mol. The van der Waals surface area contributed by atoms with E-state index in [1.807, 2.05) is 0 Å². The molecule has 5 nitrogen and oxygen atoms in total. The van der Waals surface area contributed by atoms with Crippen LogP contribution in [0.2, 0.25) is 0 Å². The van der Waals surface area contributed by atoms with Gasteiger partial charge in [-0.15, -0.1) is 0 Å². The molecule has 1 aromatic carbocycles. The Labute approximate surface area is 87.1 Å². The normalized spacial score (nSPS) is 9.87. The lowest BCUT2D eigenvalue weighted by molar-refractivity contribution is 0.0696. The van der Waals surface area contributed by atoms with E-state index in [1.54, 1.807) is 6.92 Å². The van der Waals surface area contributed by atoms with Gasteiger partial charge >= 0.3 is 13.1 Å². The van der Waals surface area contributed by atoms with Gasteiger partial charge in [-0.3, -0.25) is 0 Å². The number of hydrogen-bond donors (Lipinski definition) is 3. The van der Waals surface area contributed by atoms with Gasteiger partial charge in [-0.1, -0.05) is 0 Å². The molecule has 0 fully saturated rings. The summed E-state index contributed by atoms with van der Waals surface area (Å²) in [6, 6.07) is 2.65. The standard InChI is InChI=1S/C9H11BO5/c1-5-3-8(15-2)7(10(13)14)4-6(5)9(11)12/h3-4,13-14H,1-2H3,(H,11,12). The van der Waals surface area contributed by atoms with Crippen LogP contribution in [-0.2, 0) is 0 Å². The second-order valence-corrected chi connectivity index (χ2v) is 3.09. The van der Waals surface area contributed by atoms with Gasteiger partial charge in [0.05, 0.1) is 12.7 Å². The van der Waals surface area contributed by atoms with Crippen molar-refractivity contribution in [3.8, 4) is 5.75 Å². The summed E-state index contributed by atoms with van der Waals surface area (Å²) in [7, 11) is -0.375. The summed E-state index contributed by atoms with van der Waals surface area (Å²) in [6.07, 6.45) is 0. The molecule has 6 heteroatoms. The van der Waals surface area contributed by atoms with Crippen molar-refractivity contribution in [2.75, 3.05) is 7.11 Å². The van der Waals surface area contributed by atoms with Crippen LogP contribution in [0.4, 0.5) is 0 Å². The van der Waals surface area contributed by atoms with Crippen molar-refractivity contribution in [1.82, 2.24) is 0 Å². The topological polar surface area (TPSA) is 87.0 Å². The van der Waals surface area contributed by atoms with Crippen LogP contribution >= 0.6 is 0 Å². The molecular weight excluding hydrogens is 199 g/mol. The fraction of sp³-hybridized carbons (Fsp3) is 0.222. The molecule has 80 valence electrons. The van der Waals surface area contributed by atoms with Crippen molar-refractivity contribution in [3.63, 3.8) is 0 Å². The molecule has 0 heterocycles. The van der Waals surface area contributed by atoms with Gasteiger partial charge in [0, 0.05) is 5.46 Å². The molecule has 15 heavy (non-hydrogen) atoms. The SMILES string of the molecule is COc1cc(C)c(C(=O)O)cc1B(O)O. The Morgan fingerprint density at radius 2 is 2.00 bits per heavy atom. The van der Waals surface area contributed by atoms with Crippen LogP contribution in [-0.4, -0.2) is 35.4 Å². The molecule has 0 aromatic heterocycles. The maximum Gasteiger partial charge on any atom is 0.492 e. The highest BCUT2D eigenvalue weighted by molar-refractivity contribution is 6.59. The summed E-state index contributed by atoms with van der Waals surface area (Å²) in [5, 5.41) is 26.9. The lowest BCUT2D eigenvalue weighted by Gasteiger charge is -2.10. The molecule has 0 amide bonds. The van der Waals surface area contributed by atoms with E-state index in [-0.39, 0.29) is 16.8 Å². The van der Waals surface area contributed by atoms with E-state index in [0.717, 1.165) is 0 Å². The lowest BCUT2D eigenvalue weighted by Crippen LogP contribution is -2.32. The number of hydrogen-bond acceptors (Lipinski definition) is 4. The first kappa shape index (κ1) is 11.5. The molecule has 0 bridgehead atoms. The maximum absolute atomic E-state index is 10.8. The van der Waals surface area contributed by atoms with Crippen LogP contribution in [0, 0.1) is 6.92 Å². The quantitative estimate of drug-likeness (QED) is 0.578.